The molecule has 0 spiro atoms. The third kappa shape index (κ3) is 2.89. The lowest BCUT2D eigenvalue weighted by Gasteiger charge is -2.25. The third-order valence-corrected chi connectivity index (χ3v) is 4.18. The molecule has 1 aliphatic rings. The van der Waals surface area contributed by atoms with Crippen LogP contribution in [0.2, 0.25) is 0 Å². The van der Waals surface area contributed by atoms with Crippen molar-refractivity contribution in [1.82, 2.24) is 10.9 Å². The predicted molar refractivity (Wildman–Crippen MR) is 81.0 cm³/mol. The summed E-state index contributed by atoms with van der Waals surface area (Å²) in [5.74, 6) is 0.300. The Labute approximate surface area is 131 Å². The number of fused-ring (bicyclic) bond motifs is 1. The summed E-state index contributed by atoms with van der Waals surface area (Å²) in [4.78, 5) is 24.5. The molecule has 1 unspecified atom stereocenters. The highest BCUT2D eigenvalue weighted by atomic mass is 32.1. The van der Waals surface area contributed by atoms with Crippen LogP contribution in [0.5, 0.6) is 11.5 Å². The highest BCUT2D eigenvalue weighted by Gasteiger charge is 2.27. The number of nitrogens with one attached hydrogen (secondary N) is 2. The lowest BCUT2D eigenvalue weighted by Crippen LogP contribution is -2.50. The van der Waals surface area contributed by atoms with E-state index in [0.717, 1.165) is 5.56 Å². The van der Waals surface area contributed by atoms with Gasteiger partial charge in [0, 0.05) is 0 Å². The Kier molecular flexibility index (Phi) is 3.97. The molecule has 0 saturated carbocycles. The minimum Gasteiger partial charge on any atom is -0.485 e. The molecule has 0 bridgehead atoms. The molecule has 114 valence electrons. The van der Waals surface area contributed by atoms with Crippen molar-refractivity contribution in [3.63, 3.8) is 0 Å². The van der Waals surface area contributed by atoms with E-state index in [9.17, 15) is 9.59 Å². The molecule has 7 heteroatoms. The molecule has 0 aliphatic carbocycles. The normalized spacial score (nSPS) is 16.0. The molecular weight excluding hydrogens is 304 g/mol. The number of hydrogen-bond donors (Lipinski definition) is 2. The first-order chi connectivity index (χ1) is 10.6. The molecule has 2 N–H and O–H groups in total. The van der Waals surface area contributed by atoms with Crippen molar-refractivity contribution < 1.29 is 19.1 Å². The summed E-state index contributed by atoms with van der Waals surface area (Å²) in [5.41, 5.74) is 5.61. The molecule has 0 saturated heterocycles. The zero-order valence-corrected chi connectivity index (χ0v) is 12.6. The Morgan fingerprint density at radius 2 is 1.95 bits per heavy atom. The van der Waals surface area contributed by atoms with Crippen LogP contribution in [-0.4, -0.2) is 24.5 Å². The average Bonchev–Trinajstić information content (AvgIpc) is 2.98. The molecule has 0 radical (unpaired) electrons. The van der Waals surface area contributed by atoms with Crippen molar-refractivity contribution in [1.29, 1.82) is 0 Å². The second kappa shape index (κ2) is 6.07. The van der Waals surface area contributed by atoms with Gasteiger partial charge in [-0.1, -0.05) is 12.1 Å². The van der Waals surface area contributed by atoms with Crippen LogP contribution in [0.3, 0.4) is 0 Å². The number of aryl methyl sites for hydroxylation is 1. The fourth-order valence-electron chi connectivity index (χ4n) is 2.01. The summed E-state index contributed by atoms with van der Waals surface area (Å²) in [6, 6.07) is 8.96. The van der Waals surface area contributed by atoms with E-state index in [0.29, 0.717) is 16.4 Å². The SMILES string of the molecule is Cc1ccsc1C(=O)NNC(=O)C1COc2ccccc2O1. The lowest BCUT2D eigenvalue weighted by atomic mass is 10.2. The number of hydrazine groups is 1. The van der Waals surface area contributed by atoms with Gasteiger partial charge in [0.05, 0.1) is 4.88 Å². The molecule has 1 aromatic heterocycles. The maximum absolute atomic E-state index is 12.0. The first-order valence-electron chi connectivity index (χ1n) is 6.68. The monoisotopic (exact) mass is 318 g/mol. The summed E-state index contributed by atoms with van der Waals surface area (Å²) in [6.07, 6.45) is -0.806. The minimum atomic E-state index is -0.806. The van der Waals surface area contributed by atoms with Gasteiger partial charge in [-0.05, 0) is 36.1 Å². The Hall–Kier alpha value is -2.54. The number of para-hydroxylation sites is 2. The van der Waals surface area contributed by atoms with E-state index in [2.05, 4.69) is 10.9 Å². The quantitative estimate of drug-likeness (QED) is 0.826. The Morgan fingerprint density at radius 3 is 2.68 bits per heavy atom. The number of carbonyl (C=O) groups excluding carboxylic acids is 2. The van der Waals surface area contributed by atoms with Crippen molar-refractivity contribution in [2.75, 3.05) is 6.61 Å². The third-order valence-electron chi connectivity index (χ3n) is 3.17. The van der Waals surface area contributed by atoms with E-state index in [1.807, 2.05) is 24.4 Å². The second-order valence-corrected chi connectivity index (χ2v) is 5.66. The maximum atomic E-state index is 12.0. The molecular formula is C15H14N2O4S. The number of rotatable bonds is 2. The number of amides is 2. The molecule has 0 fully saturated rings. The largest absolute Gasteiger partial charge is 0.485 e. The topological polar surface area (TPSA) is 76.7 Å². The fraction of sp³-hybridized carbons (Fsp3) is 0.200. The molecule has 3 rings (SSSR count). The minimum absolute atomic E-state index is 0.0940. The summed E-state index contributed by atoms with van der Waals surface area (Å²) in [5, 5.41) is 1.82. The molecule has 6 nitrogen and oxygen atoms in total. The smallest absolute Gasteiger partial charge is 0.283 e. The standard InChI is InChI=1S/C15H14N2O4S/c1-9-6-7-22-13(9)15(19)17-16-14(18)12-8-20-10-4-2-3-5-11(10)21-12/h2-7,12H,8H2,1H3,(H,16,18)(H,17,19). The van der Waals surface area contributed by atoms with Crippen LogP contribution in [0.1, 0.15) is 15.2 Å². The van der Waals surface area contributed by atoms with E-state index in [1.54, 1.807) is 18.2 Å². The number of benzene rings is 1. The predicted octanol–water partition coefficient (Wildman–Crippen LogP) is 1.66. The van der Waals surface area contributed by atoms with Crippen LogP contribution < -0.4 is 20.3 Å². The second-order valence-electron chi connectivity index (χ2n) is 4.74. The fourth-order valence-corrected chi connectivity index (χ4v) is 2.83. The van der Waals surface area contributed by atoms with Gasteiger partial charge in [0.2, 0.25) is 6.10 Å². The van der Waals surface area contributed by atoms with Crippen LogP contribution in [-0.2, 0) is 4.79 Å². The molecule has 22 heavy (non-hydrogen) atoms. The summed E-state index contributed by atoms with van der Waals surface area (Å²) in [7, 11) is 0. The van der Waals surface area contributed by atoms with Crippen LogP contribution >= 0.6 is 11.3 Å². The zero-order chi connectivity index (χ0) is 15.5. The van der Waals surface area contributed by atoms with Gasteiger partial charge in [-0.2, -0.15) is 0 Å². The van der Waals surface area contributed by atoms with Gasteiger partial charge in [0.15, 0.2) is 11.5 Å². The molecule has 1 aliphatic heterocycles. The Bertz CT molecular complexity index is 713. The summed E-state index contributed by atoms with van der Waals surface area (Å²) < 4.78 is 11.0. The highest BCUT2D eigenvalue weighted by Crippen LogP contribution is 2.30. The Morgan fingerprint density at radius 1 is 1.18 bits per heavy atom. The van der Waals surface area contributed by atoms with E-state index in [1.165, 1.54) is 11.3 Å². The van der Waals surface area contributed by atoms with E-state index in [4.69, 9.17) is 9.47 Å². The van der Waals surface area contributed by atoms with Gasteiger partial charge in [-0.15, -0.1) is 11.3 Å². The van der Waals surface area contributed by atoms with Gasteiger partial charge >= 0.3 is 0 Å². The van der Waals surface area contributed by atoms with Crippen LogP contribution in [0, 0.1) is 6.92 Å². The molecule has 1 atom stereocenters. The van der Waals surface area contributed by atoms with Crippen LogP contribution in [0.15, 0.2) is 35.7 Å². The number of thiophene rings is 1. The van der Waals surface area contributed by atoms with Crippen molar-refractivity contribution in [2.24, 2.45) is 0 Å². The summed E-state index contributed by atoms with van der Waals surface area (Å²) >= 11 is 1.32. The van der Waals surface area contributed by atoms with Gasteiger partial charge in [-0.3, -0.25) is 20.4 Å². The first-order valence-corrected chi connectivity index (χ1v) is 7.56. The van der Waals surface area contributed by atoms with Gasteiger partial charge in [0.25, 0.3) is 11.8 Å². The first kappa shape index (κ1) is 14.4. The van der Waals surface area contributed by atoms with Crippen molar-refractivity contribution in [2.45, 2.75) is 13.0 Å². The van der Waals surface area contributed by atoms with Crippen LogP contribution in [0.25, 0.3) is 0 Å². The zero-order valence-electron chi connectivity index (χ0n) is 11.8. The van der Waals surface area contributed by atoms with Gasteiger partial charge in [-0.25, -0.2) is 0 Å². The van der Waals surface area contributed by atoms with Gasteiger partial charge in [0.1, 0.15) is 6.61 Å². The van der Waals surface area contributed by atoms with Crippen LogP contribution in [0.4, 0.5) is 0 Å². The molecule has 2 amide bonds. The highest BCUT2D eigenvalue weighted by molar-refractivity contribution is 7.12. The number of hydrogen-bond acceptors (Lipinski definition) is 5. The van der Waals surface area contributed by atoms with Gasteiger partial charge < -0.3 is 9.47 Å². The van der Waals surface area contributed by atoms with Crippen molar-refractivity contribution >= 4 is 23.2 Å². The molecule has 2 aromatic rings. The summed E-state index contributed by atoms with van der Waals surface area (Å²) in [6.45, 7) is 1.93. The van der Waals surface area contributed by atoms with E-state index in [-0.39, 0.29) is 12.5 Å². The van der Waals surface area contributed by atoms with E-state index < -0.39 is 12.0 Å². The average molecular weight is 318 g/mol. The van der Waals surface area contributed by atoms with Crippen molar-refractivity contribution in [3.8, 4) is 11.5 Å². The van der Waals surface area contributed by atoms with E-state index >= 15 is 0 Å². The number of carbonyl (C=O) groups is 2. The number of ether oxygens (including phenoxy) is 2. The lowest BCUT2D eigenvalue weighted by molar-refractivity contribution is -0.131. The Balaban J connectivity index is 1.57. The maximum Gasteiger partial charge on any atom is 0.283 e. The molecule has 1 aromatic carbocycles. The molecule has 2 heterocycles. The van der Waals surface area contributed by atoms with Crippen molar-refractivity contribution in [3.05, 3.63) is 46.2 Å².